The second kappa shape index (κ2) is 3.56. The number of halogens is 1. The Morgan fingerprint density at radius 3 is 2.43 bits per heavy atom. The molecule has 0 heterocycles. The van der Waals surface area contributed by atoms with Gasteiger partial charge >= 0.3 is 50.8 Å². The van der Waals surface area contributed by atoms with Gasteiger partial charge in [0.25, 0.3) is 0 Å². The average molecular weight is 220 g/mol. The van der Waals surface area contributed by atoms with Crippen molar-refractivity contribution < 1.29 is 0 Å². The summed E-state index contributed by atoms with van der Waals surface area (Å²) in [5.74, 6) is 0. The van der Waals surface area contributed by atoms with E-state index in [1.54, 1.807) is 26.1 Å². The molecule has 0 saturated heterocycles. The van der Waals surface area contributed by atoms with E-state index >= 15 is 0 Å². The summed E-state index contributed by atoms with van der Waals surface area (Å²) in [6, 6.07) is 0. The van der Waals surface area contributed by atoms with Gasteiger partial charge in [-0.25, -0.2) is 0 Å². The third-order valence-electron chi connectivity index (χ3n) is 0.771. The summed E-state index contributed by atoms with van der Waals surface area (Å²) in [6.45, 7) is 0. The molecule has 3 radical (unpaired) electrons. The van der Waals surface area contributed by atoms with Gasteiger partial charge in [0.15, 0.2) is 0 Å². The maximum atomic E-state index is 2.18. The van der Waals surface area contributed by atoms with E-state index in [4.69, 9.17) is 0 Å². The third-order valence-corrected chi connectivity index (χ3v) is 1.83. The molecule has 0 fully saturated rings. The Morgan fingerprint density at radius 2 is 2.29 bits per heavy atom. The molecule has 0 aliphatic heterocycles. The molecule has 0 aromatic rings. The Balaban J connectivity index is 0.000000360. The first-order valence-electron chi connectivity index (χ1n) is 1.97. The van der Waals surface area contributed by atoms with Crippen molar-refractivity contribution in [2.24, 2.45) is 0 Å². The molecule has 0 amide bonds. The first kappa shape index (κ1) is 7.57. The first-order chi connectivity index (χ1) is 2.89. The van der Waals surface area contributed by atoms with Crippen LogP contribution in [0.25, 0.3) is 0 Å². The summed E-state index contributed by atoms with van der Waals surface area (Å²) in [5.41, 5.74) is 0. The molecule has 2 heteroatoms. The summed E-state index contributed by atoms with van der Waals surface area (Å²) in [7, 11) is 0. The van der Waals surface area contributed by atoms with E-state index < -0.39 is 0 Å². The number of rotatable bonds is 0. The van der Waals surface area contributed by atoms with Crippen molar-refractivity contribution in [2.45, 2.75) is 6.42 Å². The molecule has 0 saturated carbocycles. The molecule has 37 valence electrons. The topological polar surface area (TPSA) is 0 Å². The van der Waals surface area contributed by atoms with E-state index in [-0.39, 0.29) is 12.4 Å². The van der Waals surface area contributed by atoms with Gasteiger partial charge in [-0.3, -0.25) is 0 Å². The molecule has 0 aromatic carbocycles. The quantitative estimate of drug-likeness (QED) is 0.542. The molecule has 1 rings (SSSR count). The van der Waals surface area contributed by atoms with Crippen LogP contribution in [0.15, 0.2) is 21.8 Å². The molecule has 0 spiro atoms. The SMILES string of the molecule is Cl.[Sn][C]1=CC=CC1. The van der Waals surface area contributed by atoms with E-state index in [0.29, 0.717) is 0 Å². The Bertz CT molecular complexity index is 105. The molecule has 1 aliphatic rings. The van der Waals surface area contributed by atoms with Crippen molar-refractivity contribution in [1.82, 2.24) is 0 Å². The Hall–Kier alpha value is 0.569. The van der Waals surface area contributed by atoms with Gasteiger partial charge < -0.3 is 0 Å². The fourth-order valence-electron chi connectivity index (χ4n) is 0.447. The Labute approximate surface area is 63.2 Å². The summed E-state index contributed by atoms with van der Waals surface area (Å²) in [5, 5.41) is 0. The van der Waals surface area contributed by atoms with Crippen molar-refractivity contribution in [3.05, 3.63) is 21.8 Å². The zero-order valence-corrected chi connectivity index (χ0v) is 7.52. The van der Waals surface area contributed by atoms with Crippen molar-refractivity contribution in [2.75, 3.05) is 0 Å². The molecule has 0 bridgehead atoms. The van der Waals surface area contributed by atoms with Crippen LogP contribution in [0.4, 0.5) is 0 Å². The van der Waals surface area contributed by atoms with Crippen LogP contribution in [-0.4, -0.2) is 22.5 Å². The molecule has 0 N–H and O–H groups in total. The third kappa shape index (κ3) is 2.39. The van der Waals surface area contributed by atoms with Gasteiger partial charge in [0.1, 0.15) is 0 Å². The fraction of sp³-hybridized carbons (Fsp3) is 0.200. The van der Waals surface area contributed by atoms with Crippen molar-refractivity contribution >= 4 is 34.9 Å². The fourth-order valence-corrected chi connectivity index (χ4v) is 1.06. The molecule has 0 unspecified atom stereocenters. The van der Waals surface area contributed by atoms with Crippen LogP contribution >= 0.6 is 12.4 Å². The van der Waals surface area contributed by atoms with Crippen LogP contribution < -0.4 is 0 Å². The normalized spacial score (nSPS) is 15.9. The molecule has 0 nitrogen and oxygen atoms in total. The second-order valence-electron chi connectivity index (χ2n) is 1.32. The van der Waals surface area contributed by atoms with E-state index in [1.807, 2.05) is 0 Å². The van der Waals surface area contributed by atoms with Crippen LogP contribution in [0, 0.1) is 0 Å². The van der Waals surface area contributed by atoms with Crippen LogP contribution in [0.5, 0.6) is 0 Å². The minimum atomic E-state index is 0. The molecular weight excluding hydrogens is 214 g/mol. The van der Waals surface area contributed by atoms with E-state index in [9.17, 15) is 0 Å². The summed E-state index contributed by atoms with van der Waals surface area (Å²) in [6.07, 6.45) is 7.69. The molecule has 1 aliphatic carbocycles. The monoisotopic (exact) mass is 221 g/mol. The van der Waals surface area contributed by atoms with Gasteiger partial charge in [0.05, 0.1) is 0 Å². The van der Waals surface area contributed by atoms with Crippen molar-refractivity contribution in [3.8, 4) is 0 Å². The van der Waals surface area contributed by atoms with Gasteiger partial charge in [0.2, 0.25) is 0 Å². The van der Waals surface area contributed by atoms with Gasteiger partial charge in [-0.1, -0.05) is 0 Å². The van der Waals surface area contributed by atoms with Crippen LogP contribution in [0.3, 0.4) is 0 Å². The Kier molecular flexibility index (Phi) is 3.84. The predicted octanol–water partition coefficient (Wildman–Crippen LogP) is 1.42. The Morgan fingerprint density at radius 1 is 1.57 bits per heavy atom. The first-order valence-corrected chi connectivity index (χ1v) is 3.39. The minimum absolute atomic E-state index is 0. The van der Waals surface area contributed by atoms with Crippen molar-refractivity contribution in [3.63, 3.8) is 0 Å². The standard InChI is InChI=1S/C5H5.ClH.Sn/c1-2-4-5-3-1;;/h1-3H,4H2;1H;. The van der Waals surface area contributed by atoms with Crippen LogP contribution in [-0.2, 0) is 0 Å². The average Bonchev–Trinajstić information content (AvgIpc) is 1.86. The maximum absolute atomic E-state index is 2.18. The number of hydrogen-bond donors (Lipinski definition) is 0. The number of allylic oxidation sites excluding steroid dienone is 4. The second-order valence-corrected chi connectivity index (χ2v) is 3.16. The van der Waals surface area contributed by atoms with Crippen LogP contribution in [0.1, 0.15) is 6.42 Å². The summed E-state index contributed by atoms with van der Waals surface area (Å²) >= 11 is 1.56. The summed E-state index contributed by atoms with van der Waals surface area (Å²) in [4.78, 5) is 0. The van der Waals surface area contributed by atoms with E-state index in [2.05, 4.69) is 18.2 Å². The zero-order chi connectivity index (χ0) is 4.41. The van der Waals surface area contributed by atoms with Gasteiger partial charge in [-0.05, 0) is 0 Å². The van der Waals surface area contributed by atoms with E-state index in [0.717, 1.165) is 0 Å². The molecule has 7 heavy (non-hydrogen) atoms. The zero-order valence-electron chi connectivity index (χ0n) is 3.85. The van der Waals surface area contributed by atoms with E-state index in [1.165, 1.54) is 6.42 Å². The molecular formula is C5H6ClSn. The molecule has 0 aromatic heterocycles. The van der Waals surface area contributed by atoms with Crippen molar-refractivity contribution in [1.29, 1.82) is 0 Å². The summed E-state index contributed by atoms with van der Waals surface area (Å²) < 4.78 is 1.56. The predicted molar refractivity (Wildman–Crippen MR) is 34.8 cm³/mol. The van der Waals surface area contributed by atoms with Crippen LogP contribution in [0.2, 0.25) is 0 Å². The molecule has 0 atom stereocenters. The van der Waals surface area contributed by atoms with Gasteiger partial charge in [-0.15, -0.1) is 12.4 Å². The van der Waals surface area contributed by atoms with Gasteiger partial charge in [0, 0.05) is 0 Å². The van der Waals surface area contributed by atoms with Gasteiger partial charge in [-0.2, -0.15) is 0 Å². The number of hydrogen-bond acceptors (Lipinski definition) is 0.